The van der Waals surface area contributed by atoms with Crippen LogP contribution in [-0.2, 0) is 0 Å². The molecular weight excluding hydrogens is 574 g/mol. The summed E-state index contributed by atoms with van der Waals surface area (Å²) in [5.41, 5.74) is 10.8. The second-order valence-electron chi connectivity index (χ2n) is 12.0. The van der Waals surface area contributed by atoms with E-state index in [1.165, 1.54) is 21.8 Å². The summed E-state index contributed by atoms with van der Waals surface area (Å²) in [6.07, 6.45) is 0. The SMILES string of the molecule is N#Cc1cc(-n2c3ccccc3c3ccc4oc5ccccc5c4c32)ccc1-c1ccc(-n2c3ccccc3c3ccccc32)cc1. The van der Waals surface area contributed by atoms with Gasteiger partial charge in [0.1, 0.15) is 11.2 Å². The molecule has 0 unspecified atom stereocenters. The van der Waals surface area contributed by atoms with Gasteiger partial charge in [-0.3, -0.25) is 0 Å². The quantitative estimate of drug-likeness (QED) is 0.203. The van der Waals surface area contributed by atoms with Crippen LogP contribution < -0.4 is 0 Å². The molecule has 4 nitrogen and oxygen atoms in total. The summed E-state index contributed by atoms with van der Waals surface area (Å²) < 4.78 is 10.9. The number of furan rings is 1. The molecule has 47 heavy (non-hydrogen) atoms. The lowest BCUT2D eigenvalue weighted by Gasteiger charge is -2.13. The van der Waals surface area contributed by atoms with Crippen molar-refractivity contribution in [3.63, 3.8) is 0 Å². The van der Waals surface area contributed by atoms with Gasteiger partial charge in [0.15, 0.2) is 0 Å². The molecular formula is C43H25N3O. The Morgan fingerprint density at radius 1 is 0.468 bits per heavy atom. The minimum absolute atomic E-state index is 0.627. The Morgan fingerprint density at radius 3 is 1.72 bits per heavy atom. The average molecular weight is 600 g/mol. The van der Waals surface area contributed by atoms with E-state index >= 15 is 0 Å². The number of hydrogen-bond donors (Lipinski definition) is 0. The van der Waals surface area contributed by atoms with Gasteiger partial charge in [-0.15, -0.1) is 0 Å². The van der Waals surface area contributed by atoms with Gasteiger partial charge in [0, 0.05) is 38.3 Å². The molecule has 0 amide bonds. The number of nitriles is 1. The van der Waals surface area contributed by atoms with Crippen molar-refractivity contribution in [2.75, 3.05) is 0 Å². The summed E-state index contributed by atoms with van der Waals surface area (Å²) in [6, 6.07) is 55.2. The molecule has 3 aromatic heterocycles. The number of aromatic nitrogens is 2. The van der Waals surface area contributed by atoms with E-state index in [2.05, 4.69) is 149 Å². The molecule has 0 saturated carbocycles. The minimum Gasteiger partial charge on any atom is -0.456 e. The van der Waals surface area contributed by atoms with Crippen molar-refractivity contribution >= 4 is 65.6 Å². The molecule has 0 saturated heterocycles. The Morgan fingerprint density at radius 2 is 1.04 bits per heavy atom. The number of fused-ring (bicyclic) bond motifs is 10. The Kier molecular flexibility index (Phi) is 5.32. The highest BCUT2D eigenvalue weighted by molar-refractivity contribution is 6.24. The number of hydrogen-bond acceptors (Lipinski definition) is 2. The van der Waals surface area contributed by atoms with Gasteiger partial charge in [-0.1, -0.05) is 91.0 Å². The van der Waals surface area contributed by atoms with E-state index in [0.717, 1.165) is 66.2 Å². The molecule has 10 aromatic rings. The first kappa shape index (κ1) is 25.7. The van der Waals surface area contributed by atoms with E-state index in [0.29, 0.717) is 5.56 Å². The highest BCUT2D eigenvalue weighted by atomic mass is 16.3. The molecule has 0 spiro atoms. The first-order valence-electron chi connectivity index (χ1n) is 15.8. The first-order valence-corrected chi connectivity index (χ1v) is 15.8. The molecule has 0 N–H and O–H groups in total. The Labute approximate surface area is 269 Å². The molecule has 10 rings (SSSR count). The van der Waals surface area contributed by atoms with Gasteiger partial charge >= 0.3 is 0 Å². The van der Waals surface area contributed by atoms with Crippen LogP contribution >= 0.6 is 0 Å². The van der Waals surface area contributed by atoms with E-state index in [9.17, 15) is 5.26 Å². The molecule has 218 valence electrons. The second kappa shape index (κ2) is 9.71. The van der Waals surface area contributed by atoms with Gasteiger partial charge in [-0.25, -0.2) is 0 Å². The summed E-state index contributed by atoms with van der Waals surface area (Å²) in [6.45, 7) is 0. The molecule has 0 aliphatic heterocycles. The lowest BCUT2D eigenvalue weighted by atomic mass is 9.99. The maximum atomic E-state index is 10.5. The van der Waals surface area contributed by atoms with Gasteiger partial charge < -0.3 is 13.6 Å². The van der Waals surface area contributed by atoms with Crippen molar-refractivity contribution in [3.8, 4) is 28.6 Å². The van der Waals surface area contributed by atoms with E-state index in [-0.39, 0.29) is 0 Å². The van der Waals surface area contributed by atoms with Crippen molar-refractivity contribution in [1.29, 1.82) is 5.26 Å². The largest absolute Gasteiger partial charge is 0.456 e. The van der Waals surface area contributed by atoms with Gasteiger partial charge in [-0.2, -0.15) is 5.26 Å². The summed E-state index contributed by atoms with van der Waals surface area (Å²) >= 11 is 0. The predicted octanol–water partition coefficient (Wildman–Crippen LogP) is 11.3. The van der Waals surface area contributed by atoms with Crippen molar-refractivity contribution in [1.82, 2.24) is 9.13 Å². The zero-order chi connectivity index (χ0) is 31.1. The Hall–Kier alpha value is -6.57. The number of para-hydroxylation sites is 4. The molecule has 0 aliphatic carbocycles. The van der Waals surface area contributed by atoms with Gasteiger partial charge in [0.2, 0.25) is 0 Å². The lowest BCUT2D eigenvalue weighted by Crippen LogP contribution is -1.97. The third-order valence-corrected chi connectivity index (χ3v) is 9.57. The van der Waals surface area contributed by atoms with Gasteiger partial charge in [0.05, 0.1) is 39.1 Å². The smallest absolute Gasteiger partial charge is 0.137 e. The van der Waals surface area contributed by atoms with Crippen LogP contribution in [-0.4, -0.2) is 9.13 Å². The van der Waals surface area contributed by atoms with Gasteiger partial charge in [0.25, 0.3) is 0 Å². The fraction of sp³-hybridized carbons (Fsp3) is 0. The third-order valence-electron chi connectivity index (χ3n) is 9.57. The Balaban J connectivity index is 1.15. The molecule has 0 bridgehead atoms. The predicted molar refractivity (Wildman–Crippen MR) is 193 cm³/mol. The van der Waals surface area contributed by atoms with Crippen LogP contribution in [0.25, 0.3) is 88.1 Å². The normalized spacial score (nSPS) is 11.8. The molecule has 0 fully saturated rings. The summed E-state index contributed by atoms with van der Waals surface area (Å²) in [5.74, 6) is 0. The van der Waals surface area contributed by atoms with E-state index < -0.39 is 0 Å². The second-order valence-corrected chi connectivity index (χ2v) is 12.0. The molecule has 0 atom stereocenters. The van der Waals surface area contributed by atoms with E-state index in [1.807, 2.05) is 18.2 Å². The highest BCUT2D eigenvalue weighted by Gasteiger charge is 2.20. The molecule has 0 radical (unpaired) electrons. The van der Waals surface area contributed by atoms with Crippen LogP contribution in [0.15, 0.2) is 156 Å². The molecule has 7 aromatic carbocycles. The van der Waals surface area contributed by atoms with Crippen molar-refractivity contribution in [2.45, 2.75) is 0 Å². The topological polar surface area (TPSA) is 46.8 Å². The minimum atomic E-state index is 0.627. The summed E-state index contributed by atoms with van der Waals surface area (Å²) in [5, 5.41) is 17.4. The first-order chi connectivity index (χ1) is 23.3. The van der Waals surface area contributed by atoms with E-state index in [4.69, 9.17) is 4.42 Å². The van der Waals surface area contributed by atoms with Gasteiger partial charge in [-0.05, 0) is 71.8 Å². The maximum absolute atomic E-state index is 10.5. The number of nitrogens with zero attached hydrogens (tertiary/aromatic N) is 3. The fourth-order valence-corrected chi connectivity index (χ4v) is 7.54. The third kappa shape index (κ3) is 3.63. The van der Waals surface area contributed by atoms with Crippen LogP contribution in [0.4, 0.5) is 0 Å². The standard InChI is InChI=1S/C43H25N3O/c44-26-28-25-30(46-39-15-7-3-11-34(39)35-23-24-41-42(43(35)46)36-12-4-8-16-40(36)47-41)21-22-31(28)27-17-19-29(20-18-27)45-37-13-5-1-9-32(37)33-10-2-6-14-38(33)45/h1-25H. The van der Waals surface area contributed by atoms with Crippen molar-refractivity contribution in [2.24, 2.45) is 0 Å². The molecule has 4 heteroatoms. The van der Waals surface area contributed by atoms with Crippen LogP contribution in [0.5, 0.6) is 0 Å². The fourth-order valence-electron chi connectivity index (χ4n) is 7.54. The monoisotopic (exact) mass is 599 g/mol. The summed E-state index contributed by atoms with van der Waals surface area (Å²) in [4.78, 5) is 0. The highest BCUT2D eigenvalue weighted by Crippen LogP contribution is 2.41. The van der Waals surface area contributed by atoms with Crippen LogP contribution in [0.2, 0.25) is 0 Å². The zero-order valence-electron chi connectivity index (χ0n) is 25.2. The lowest BCUT2D eigenvalue weighted by molar-refractivity contribution is 0.669. The van der Waals surface area contributed by atoms with Crippen LogP contribution in [0.1, 0.15) is 5.56 Å². The number of benzene rings is 7. The Bertz CT molecular complexity index is 2860. The molecule has 3 heterocycles. The van der Waals surface area contributed by atoms with Crippen LogP contribution in [0.3, 0.4) is 0 Å². The van der Waals surface area contributed by atoms with Crippen molar-refractivity contribution in [3.05, 3.63) is 157 Å². The number of rotatable bonds is 3. The zero-order valence-corrected chi connectivity index (χ0v) is 25.2. The van der Waals surface area contributed by atoms with Crippen LogP contribution in [0, 0.1) is 11.3 Å². The summed E-state index contributed by atoms with van der Waals surface area (Å²) in [7, 11) is 0. The van der Waals surface area contributed by atoms with Crippen molar-refractivity contribution < 1.29 is 4.42 Å². The van der Waals surface area contributed by atoms with E-state index in [1.54, 1.807) is 0 Å². The average Bonchev–Trinajstić information content (AvgIpc) is 3.79. The molecule has 0 aliphatic rings. The maximum Gasteiger partial charge on any atom is 0.137 e.